The molecule has 2 aromatic rings. The van der Waals surface area contributed by atoms with Gasteiger partial charge in [0.25, 0.3) is 0 Å². The standard InChI is InChI=1S/C18H24N2O5S2/c1-3-12-26(22,23)20-13-18(2,21)16-8-4-14(5-9-16)15-6-10-17(11-7-15)27(19,24)25/h4-11,20-21H,3,12-13H2,1-2H3,(H2,19,24,25). The number of benzene rings is 2. The molecule has 2 rings (SSSR count). The summed E-state index contributed by atoms with van der Waals surface area (Å²) in [6, 6.07) is 13.1. The van der Waals surface area contributed by atoms with E-state index < -0.39 is 25.6 Å². The van der Waals surface area contributed by atoms with E-state index >= 15 is 0 Å². The first kappa shape index (κ1) is 21.5. The number of rotatable bonds is 8. The van der Waals surface area contributed by atoms with Crippen LogP contribution in [0.15, 0.2) is 53.4 Å². The first-order chi connectivity index (χ1) is 12.4. The van der Waals surface area contributed by atoms with Crippen LogP contribution in [0.3, 0.4) is 0 Å². The van der Waals surface area contributed by atoms with Crippen molar-refractivity contribution in [1.82, 2.24) is 4.72 Å². The average Bonchev–Trinajstić information content (AvgIpc) is 2.60. The highest BCUT2D eigenvalue weighted by atomic mass is 32.2. The van der Waals surface area contributed by atoms with Gasteiger partial charge in [-0.15, -0.1) is 0 Å². The maximum absolute atomic E-state index is 11.8. The van der Waals surface area contributed by atoms with Gasteiger partial charge in [-0.1, -0.05) is 43.3 Å². The van der Waals surface area contributed by atoms with E-state index in [2.05, 4.69) is 4.72 Å². The highest BCUT2D eigenvalue weighted by Crippen LogP contribution is 2.26. The molecule has 0 fully saturated rings. The summed E-state index contributed by atoms with van der Waals surface area (Å²) < 4.78 is 48.6. The second-order valence-corrected chi connectivity index (χ2v) is 10.0. The molecule has 0 radical (unpaired) electrons. The van der Waals surface area contributed by atoms with Crippen LogP contribution in [0.25, 0.3) is 11.1 Å². The lowest BCUT2D eigenvalue weighted by Crippen LogP contribution is -2.39. The van der Waals surface area contributed by atoms with Gasteiger partial charge in [0, 0.05) is 6.54 Å². The third-order valence-electron chi connectivity index (χ3n) is 4.13. The smallest absolute Gasteiger partial charge is 0.238 e. The van der Waals surface area contributed by atoms with Crippen LogP contribution in [0, 0.1) is 0 Å². The van der Waals surface area contributed by atoms with Crippen molar-refractivity contribution in [2.75, 3.05) is 12.3 Å². The van der Waals surface area contributed by atoms with Crippen molar-refractivity contribution in [1.29, 1.82) is 0 Å². The Hall–Kier alpha value is -1.78. The summed E-state index contributed by atoms with van der Waals surface area (Å²) in [5.41, 5.74) is 0.808. The number of nitrogens with two attached hydrogens (primary N) is 1. The lowest BCUT2D eigenvalue weighted by Gasteiger charge is -2.24. The number of sulfonamides is 2. The normalized spacial score (nSPS) is 14.7. The molecule has 0 saturated carbocycles. The maximum atomic E-state index is 11.8. The third-order valence-corrected chi connectivity index (χ3v) is 6.59. The van der Waals surface area contributed by atoms with Crippen molar-refractivity contribution in [3.05, 3.63) is 54.1 Å². The van der Waals surface area contributed by atoms with E-state index in [-0.39, 0.29) is 17.2 Å². The number of primary sulfonamides is 1. The van der Waals surface area contributed by atoms with Gasteiger partial charge in [0.2, 0.25) is 20.0 Å². The van der Waals surface area contributed by atoms with Gasteiger partial charge in [0.05, 0.1) is 10.6 Å². The van der Waals surface area contributed by atoms with Crippen LogP contribution in [0.1, 0.15) is 25.8 Å². The van der Waals surface area contributed by atoms with Crippen molar-refractivity contribution in [2.24, 2.45) is 5.14 Å². The summed E-state index contributed by atoms with van der Waals surface area (Å²) in [5.74, 6) is 0.0104. The molecule has 0 amide bonds. The van der Waals surface area contributed by atoms with Gasteiger partial charge in [-0.3, -0.25) is 0 Å². The van der Waals surface area contributed by atoms with E-state index in [0.717, 1.165) is 11.1 Å². The van der Waals surface area contributed by atoms with E-state index in [1.54, 1.807) is 43.3 Å². The van der Waals surface area contributed by atoms with E-state index in [0.29, 0.717) is 12.0 Å². The molecule has 2 aromatic carbocycles. The minimum absolute atomic E-state index is 0.0104. The van der Waals surface area contributed by atoms with Crippen molar-refractivity contribution in [3.63, 3.8) is 0 Å². The lowest BCUT2D eigenvalue weighted by atomic mass is 9.94. The second kappa shape index (κ2) is 8.07. The fourth-order valence-electron chi connectivity index (χ4n) is 2.55. The number of hydrogen-bond donors (Lipinski definition) is 3. The number of aliphatic hydroxyl groups is 1. The number of nitrogens with one attached hydrogen (secondary N) is 1. The van der Waals surface area contributed by atoms with Crippen molar-refractivity contribution in [2.45, 2.75) is 30.8 Å². The Morgan fingerprint density at radius 3 is 1.89 bits per heavy atom. The summed E-state index contributed by atoms with van der Waals surface area (Å²) in [6.07, 6.45) is 0.496. The van der Waals surface area contributed by atoms with E-state index in [1.807, 2.05) is 0 Å². The molecule has 1 atom stereocenters. The van der Waals surface area contributed by atoms with Crippen LogP contribution in [0.5, 0.6) is 0 Å². The maximum Gasteiger partial charge on any atom is 0.238 e. The first-order valence-electron chi connectivity index (χ1n) is 8.38. The predicted octanol–water partition coefficient (Wildman–Crippen LogP) is 1.54. The van der Waals surface area contributed by atoms with Crippen LogP contribution in [0.2, 0.25) is 0 Å². The summed E-state index contributed by atoms with van der Waals surface area (Å²) in [7, 11) is -7.15. The summed E-state index contributed by atoms with van der Waals surface area (Å²) in [4.78, 5) is 0.0326. The monoisotopic (exact) mass is 412 g/mol. The van der Waals surface area contributed by atoms with E-state index in [4.69, 9.17) is 5.14 Å². The van der Waals surface area contributed by atoms with Gasteiger partial charge in [-0.25, -0.2) is 26.7 Å². The quantitative estimate of drug-likeness (QED) is 0.606. The molecule has 148 valence electrons. The Morgan fingerprint density at radius 1 is 0.963 bits per heavy atom. The molecule has 0 aliphatic carbocycles. The Bertz CT molecular complexity index is 981. The highest BCUT2D eigenvalue weighted by Gasteiger charge is 2.25. The largest absolute Gasteiger partial charge is 0.384 e. The fourth-order valence-corrected chi connectivity index (χ4v) is 4.25. The summed E-state index contributed by atoms with van der Waals surface area (Å²) in [5, 5.41) is 15.7. The zero-order valence-corrected chi connectivity index (χ0v) is 16.8. The minimum atomic E-state index is -3.74. The highest BCUT2D eigenvalue weighted by molar-refractivity contribution is 7.89. The molecule has 9 heteroatoms. The first-order valence-corrected chi connectivity index (χ1v) is 11.6. The van der Waals surface area contributed by atoms with Gasteiger partial charge in [0.1, 0.15) is 5.60 Å². The van der Waals surface area contributed by atoms with Gasteiger partial charge in [-0.2, -0.15) is 0 Å². The van der Waals surface area contributed by atoms with Gasteiger partial charge >= 0.3 is 0 Å². The van der Waals surface area contributed by atoms with Crippen LogP contribution < -0.4 is 9.86 Å². The molecular weight excluding hydrogens is 388 g/mol. The van der Waals surface area contributed by atoms with Crippen LogP contribution in [-0.4, -0.2) is 34.2 Å². The molecule has 0 aliphatic rings. The molecule has 7 nitrogen and oxygen atoms in total. The Labute approximate surface area is 160 Å². The van der Waals surface area contributed by atoms with Gasteiger partial charge in [0.15, 0.2) is 0 Å². The topological polar surface area (TPSA) is 127 Å². The Morgan fingerprint density at radius 2 is 1.44 bits per heavy atom. The zero-order chi connectivity index (χ0) is 20.3. The molecular formula is C18H24N2O5S2. The lowest BCUT2D eigenvalue weighted by molar-refractivity contribution is 0.0627. The van der Waals surface area contributed by atoms with Gasteiger partial charge in [-0.05, 0) is 42.2 Å². The molecule has 0 heterocycles. The molecule has 0 aliphatic heterocycles. The Balaban J connectivity index is 2.16. The number of hydrogen-bond acceptors (Lipinski definition) is 5. The molecule has 0 saturated heterocycles. The van der Waals surface area contributed by atoms with Crippen LogP contribution in [0.4, 0.5) is 0 Å². The minimum Gasteiger partial charge on any atom is -0.384 e. The zero-order valence-electron chi connectivity index (χ0n) is 15.2. The molecule has 0 bridgehead atoms. The Kier molecular flexibility index (Phi) is 6.43. The fraction of sp³-hybridized carbons (Fsp3) is 0.333. The van der Waals surface area contributed by atoms with Crippen LogP contribution in [-0.2, 0) is 25.6 Å². The molecule has 0 aromatic heterocycles. The summed E-state index contributed by atoms with van der Waals surface area (Å²) >= 11 is 0. The molecule has 0 spiro atoms. The molecule has 27 heavy (non-hydrogen) atoms. The second-order valence-electron chi connectivity index (χ2n) is 6.56. The molecule has 4 N–H and O–H groups in total. The van der Waals surface area contributed by atoms with Crippen LogP contribution >= 0.6 is 0 Å². The van der Waals surface area contributed by atoms with E-state index in [9.17, 15) is 21.9 Å². The van der Waals surface area contributed by atoms with Crippen molar-refractivity contribution >= 4 is 20.0 Å². The van der Waals surface area contributed by atoms with Gasteiger partial charge < -0.3 is 5.11 Å². The summed E-state index contributed by atoms with van der Waals surface area (Å²) in [6.45, 7) is 3.18. The van der Waals surface area contributed by atoms with Crippen molar-refractivity contribution in [3.8, 4) is 11.1 Å². The van der Waals surface area contributed by atoms with Crippen molar-refractivity contribution < 1.29 is 21.9 Å². The van der Waals surface area contributed by atoms with E-state index in [1.165, 1.54) is 19.1 Å². The predicted molar refractivity (Wildman–Crippen MR) is 105 cm³/mol. The SMILES string of the molecule is CCCS(=O)(=O)NCC(C)(O)c1ccc(-c2ccc(S(N)(=O)=O)cc2)cc1. The average molecular weight is 413 g/mol. The molecule has 1 unspecified atom stereocenters. The third kappa shape index (κ3) is 5.85.